The van der Waals surface area contributed by atoms with Gasteiger partial charge in [-0.3, -0.25) is 4.79 Å². The zero-order chi connectivity index (χ0) is 15.9. The van der Waals surface area contributed by atoms with Gasteiger partial charge < -0.3 is 14.8 Å². The molecule has 4 rings (SSSR count). The summed E-state index contributed by atoms with van der Waals surface area (Å²) in [4.78, 5) is 12.7. The van der Waals surface area contributed by atoms with E-state index in [1.807, 2.05) is 0 Å². The number of fused-ring (bicyclic) bond motifs is 1. The van der Waals surface area contributed by atoms with Crippen molar-refractivity contribution in [1.29, 1.82) is 0 Å². The van der Waals surface area contributed by atoms with E-state index in [1.54, 1.807) is 30.3 Å². The lowest BCUT2D eigenvalue weighted by molar-refractivity contribution is -0.118. The van der Waals surface area contributed by atoms with Crippen molar-refractivity contribution in [2.75, 3.05) is 18.5 Å². The van der Waals surface area contributed by atoms with Gasteiger partial charge in [-0.15, -0.1) is 0 Å². The van der Waals surface area contributed by atoms with Crippen LogP contribution < -0.4 is 14.8 Å². The smallest absolute Gasteiger partial charge is 0.235 e. The third-order valence-corrected chi connectivity index (χ3v) is 4.38. The molecule has 2 aromatic rings. The number of anilines is 1. The summed E-state index contributed by atoms with van der Waals surface area (Å²) in [5, 5.41) is 2.94. The van der Waals surface area contributed by atoms with Crippen LogP contribution in [0.4, 0.5) is 10.1 Å². The van der Waals surface area contributed by atoms with Crippen LogP contribution in [0.25, 0.3) is 0 Å². The van der Waals surface area contributed by atoms with E-state index in [-0.39, 0.29) is 11.7 Å². The SMILES string of the molecule is O=C(Nc1ccc2c(c1)OCCO2)C1(c2ccc(F)cc2)CC1. The Morgan fingerprint density at radius 3 is 2.39 bits per heavy atom. The zero-order valence-corrected chi connectivity index (χ0v) is 12.5. The van der Waals surface area contributed by atoms with E-state index in [0.29, 0.717) is 30.4 Å². The van der Waals surface area contributed by atoms with Gasteiger partial charge >= 0.3 is 0 Å². The van der Waals surface area contributed by atoms with E-state index >= 15 is 0 Å². The van der Waals surface area contributed by atoms with Crippen molar-refractivity contribution < 1.29 is 18.7 Å². The van der Waals surface area contributed by atoms with Gasteiger partial charge in [-0.25, -0.2) is 4.39 Å². The molecular weight excluding hydrogens is 297 g/mol. The number of amides is 1. The van der Waals surface area contributed by atoms with Crippen LogP contribution in [-0.4, -0.2) is 19.1 Å². The predicted octanol–water partition coefficient (Wildman–Crippen LogP) is 3.27. The molecule has 0 radical (unpaired) electrons. The van der Waals surface area contributed by atoms with Crippen LogP contribution >= 0.6 is 0 Å². The topological polar surface area (TPSA) is 47.6 Å². The molecule has 1 aliphatic carbocycles. The van der Waals surface area contributed by atoms with Gasteiger partial charge in [0.05, 0.1) is 5.41 Å². The maximum atomic E-state index is 13.1. The monoisotopic (exact) mass is 313 g/mol. The van der Waals surface area contributed by atoms with Crippen molar-refractivity contribution in [3.8, 4) is 11.5 Å². The number of ether oxygens (including phenoxy) is 2. The normalized spacial score (nSPS) is 17.4. The minimum Gasteiger partial charge on any atom is -0.486 e. The zero-order valence-electron chi connectivity index (χ0n) is 12.5. The Hall–Kier alpha value is -2.56. The molecule has 2 aromatic carbocycles. The fourth-order valence-electron chi connectivity index (χ4n) is 2.91. The first kappa shape index (κ1) is 14.1. The number of halogens is 1. The van der Waals surface area contributed by atoms with Crippen molar-refractivity contribution in [3.63, 3.8) is 0 Å². The highest BCUT2D eigenvalue weighted by Gasteiger charge is 2.51. The van der Waals surface area contributed by atoms with Crippen molar-refractivity contribution in [2.45, 2.75) is 18.3 Å². The van der Waals surface area contributed by atoms with Crippen molar-refractivity contribution in [2.24, 2.45) is 0 Å². The average Bonchev–Trinajstić information content (AvgIpc) is 3.37. The minimum atomic E-state index is -0.541. The summed E-state index contributed by atoms with van der Waals surface area (Å²) in [6, 6.07) is 11.5. The van der Waals surface area contributed by atoms with E-state index in [2.05, 4.69) is 5.32 Å². The highest BCUT2D eigenvalue weighted by molar-refractivity contribution is 6.01. The van der Waals surface area contributed by atoms with E-state index in [0.717, 1.165) is 18.4 Å². The molecule has 2 aliphatic rings. The average molecular weight is 313 g/mol. The maximum absolute atomic E-state index is 13.1. The number of carbonyl (C=O) groups excluding carboxylic acids is 1. The number of nitrogens with one attached hydrogen (secondary N) is 1. The second-order valence-corrected chi connectivity index (χ2v) is 5.90. The summed E-state index contributed by atoms with van der Waals surface area (Å²) in [6.07, 6.45) is 1.55. The van der Waals surface area contributed by atoms with Crippen LogP contribution in [0.1, 0.15) is 18.4 Å². The Morgan fingerprint density at radius 2 is 1.70 bits per heavy atom. The standard InChI is InChI=1S/C18H16FNO3/c19-13-3-1-12(2-4-13)18(7-8-18)17(21)20-14-5-6-15-16(11-14)23-10-9-22-15/h1-6,11H,7-10H2,(H,20,21). The summed E-state index contributed by atoms with van der Waals surface area (Å²) in [7, 11) is 0. The lowest BCUT2D eigenvalue weighted by atomic mass is 9.95. The second kappa shape index (κ2) is 5.26. The lowest BCUT2D eigenvalue weighted by Gasteiger charge is -2.20. The van der Waals surface area contributed by atoms with Gasteiger partial charge in [0, 0.05) is 11.8 Å². The molecule has 1 heterocycles. The highest BCUT2D eigenvalue weighted by Crippen LogP contribution is 2.49. The lowest BCUT2D eigenvalue weighted by Crippen LogP contribution is -2.28. The van der Waals surface area contributed by atoms with Gasteiger partial charge in [0.15, 0.2) is 11.5 Å². The number of carbonyl (C=O) groups is 1. The van der Waals surface area contributed by atoms with Crippen LogP contribution in [0.3, 0.4) is 0 Å². The van der Waals surface area contributed by atoms with Crippen LogP contribution in [0.15, 0.2) is 42.5 Å². The molecule has 1 fully saturated rings. The van der Waals surface area contributed by atoms with Gasteiger partial charge in [-0.2, -0.15) is 0 Å². The van der Waals surface area contributed by atoms with Gasteiger partial charge in [-0.05, 0) is 42.7 Å². The minimum absolute atomic E-state index is 0.0687. The Balaban J connectivity index is 1.55. The fourth-order valence-corrected chi connectivity index (χ4v) is 2.91. The third kappa shape index (κ3) is 2.52. The molecule has 1 saturated carbocycles. The molecular formula is C18H16FNO3. The summed E-state index contributed by atoms with van der Waals surface area (Å²) < 4.78 is 24.1. The molecule has 1 amide bonds. The van der Waals surface area contributed by atoms with Gasteiger partial charge in [0.25, 0.3) is 0 Å². The first-order valence-electron chi connectivity index (χ1n) is 7.65. The quantitative estimate of drug-likeness (QED) is 0.946. The molecule has 1 aliphatic heterocycles. The molecule has 23 heavy (non-hydrogen) atoms. The summed E-state index contributed by atoms with van der Waals surface area (Å²) in [5.41, 5.74) is 0.989. The van der Waals surface area contributed by atoms with Crippen molar-refractivity contribution in [3.05, 3.63) is 53.8 Å². The van der Waals surface area contributed by atoms with E-state index in [9.17, 15) is 9.18 Å². The van der Waals surface area contributed by atoms with Crippen LogP contribution in [0.2, 0.25) is 0 Å². The van der Waals surface area contributed by atoms with Gasteiger partial charge in [0.1, 0.15) is 19.0 Å². The van der Waals surface area contributed by atoms with E-state index < -0.39 is 5.41 Å². The Bertz CT molecular complexity index is 753. The van der Waals surface area contributed by atoms with Gasteiger partial charge in [0.2, 0.25) is 5.91 Å². The molecule has 5 heteroatoms. The first-order valence-corrected chi connectivity index (χ1v) is 7.65. The molecule has 1 N–H and O–H groups in total. The summed E-state index contributed by atoms with van der Waals surface area (Å²) in [5.74, 6) is 0.965. The molecule has 0 spiro atoms. The van der Waals surface area contributed by atoms with Crippen molar-refractivity contribution >= 4 is 11.6 Å². The van der Waals surface area contributed by atoms with E-state index in [4.69, 9.17) is 9.47 Å². The Morgan fingerprint density at radius 1 is 1.00 bits per heavy atom. The van der Waals surface area contributed by atoms with Crippen LogP contribution in [0, 0.1) is 5.82 Å². The summed E-state index contributed by atoms with van der Waals surface area (Å²) >= 11 is 0. The largest absolute Gasteiger partial charge is 0.486 e. The first-order chi connectivity index (χ1) is 11.2. The third-order valence-electron chi connectivity index (χ3n) is 4.38. The summed E-state index contributed by atoms with van der Waals surface area (Å²) in [6.45, 7) is 1.04. The number of hydrogen-bond acceptors (Lipinski definition) is 3. The molecule has 0 atom stereocenters. The fraction of sp³-hybridized carbons (Fsp3) is 0.278. The Kier molecular flexibility index (Phi) is 3.22. The Labute approximate surface area is 133 Å². The predicted molar refractivity (Wildman–Crippen MR) is 83.4 cm³/mol. The number of benzene rings is 2. The van der Waals surface area contributed by atoms with Crippen molar-refractivity contribution in [1.82, 2.24) is 0 Å². The van der Waals surface area contributed by atoms with Gasteiger partial charge in [-0.1, -0.05) is 12.1 Å². The number of rotatable bonds is 3. The highest BCUT2D eigenvalue weighted by atomic mass is 19.1. The second-order valence-electron chi connectivity index (χ2n) is 5.90. The molecule has 4 nitrogen and oxygen atoms in total. The van der Waals surface area contributed by atoms with E-state index in [1.165, 1.54) is 12.1 Å². The van der Waals surface area contributed by atoms with Crippen LogP contribution in [-0.2, 0) is 10.2 Å². The molecule has 0 unspecified atom stereocenters. The molecule has 0 saturated heterocycles. The number of hydrogen-bond donors (Lipinski definition) is 1. The molecule has 118 valence electrons. The molecule has 0 bridgehead atoms. The molecule has 0 aromatic heterocycles. The maximum Gasteiger partial charge on any atom is 0.235 e. The van der Waals surface area contributed by atoms with Crippen LogP contribution in [0.5, 0.6) is 11.5 Å².